The average Bonchev–Trinajstić information content (AvgIpc) is 2.67. The highest BCUT2D eigenvalue weighted by molar-refractivity contribution is 9.10. The molecule has 2 aromatic carbocycles. The standard InChI is InChI=1S/C19H18BrN3O3/c1-24-16-10-14(11-17(25-2)18(16)26-3)22-19-21-8-7-15(23-19)12-5-4-6-13(20)9-12/h4-11H,1-3H3,(H,21,22,23). The molecule has 0 unspecified atom stereocenters. The lowest BCUT2D eigenvalue weighted by molar-refractivity contribution is 0.324. The van der Waals surface area contributed by atoms with Crippen LogP contribution in [0.4, 0.5) is 11.6 Å². The summed E-state index contributed by atoms with van der Waals surface area (Å²) in [6, 6.07) is 13.4. The van der Waals surface area contributed by atoms with Crippen LogP contribution in [-0.2, 0) is 0 Å². The highest BCUT2D eigenvalue weighted by atomic mass is 79.9. The normalized spacial score (nSPS) is 10.3. The van der Waals surface area contributed by atoms with E-state index in [0.29, 0.717) is 23.2 Å². The van der Waals surface area contributed by atoms with Crippen molar-refractivity contribution in [3.63, 3.8) is 0 Å². The Morgan fingerprint density at radius 2 is 1.65 bits per heavy atom. The van der Waals surface area contributed by atoms with E-state index in [1.807, 2.05) is 30.3 Å². The van der Waals surface area contributed by atoms with E-state index in [1.165, 1.54) is 0 Å². The second kappa shape index (κ2) is 8.05. The van der Waals surface area contributed by atoms with E-state index < -0.39 is 0 Å². The van der Waals surface area contributed by atoms with Gasteiger partial charge in [0, 0.05) is 34.1 Å². The number of anilines is 2. The zero-order valence-electron chi connectivity index (χ0n) is 14.6. The zero-order valence-corrected chi connectivity index (χ0v) is 16.2. The fraction of sp³-hybridized carbons (Fsp3) is 0.158. The molecule has 0 amide bonds. The Bertz CT molecular complexity index is 893. The molecule has 0 aliphatic rings. The quantitative estimate of drug-likeness (QED) is 0.630. The first-order chi connectivity index (χ1) is 12.6. The number of methoxy groups -OCH3 is 3. The van der Waals surface area contributed by atoms with E-state index in [9.17, 15) is 0 Å². The Hall–Kier alpha value is -2.80. The van der Waals surface area contributed by atoms with Crippen LogP contribution in [0.1, 0.15) is 0 Å². The van der Waals surface area contributed by atoms with Gasteiger partial charge in [0.1, 0.15) is 0 Å². The van der Waals surface area contributed by atoms with Gasteiger partial charge in [0.2, 0.25) is 11.7 Å². The van der Waals surface area contributed by atoms with E-state index >= 15 is 0 Å². The van der Waals surface area contributed by atoms with Crippen molar-refractivity contribution >= 4 is 27.6 Å². The summed E-state index contributed by atoms with van der Waals surface area (Å²) in [6.45, 7) is 0. The fourth-order valence-electron chi connectivity index (χ4n) is 2.51. The van der Waals surface area contributed by atoms with Crippen molar-refractivity contribution in [2.75, 3.05) is 26.6 Å². The third-order valence-electron chi connectivity index (χ3n) is 3.70. The first-order valence-corrected chi connectivity index (χ1v) is 8.60. The van der Waals surface area contributed by atoms with Crippen LogP contribution in [0.25, 0.3) is 11.3 Å². The third kappa shape index (κ3) is 3.88. The van der Waals surface area contributed by atoms with Gasteiger partial charge in [0.25, 0.3) is 0 Å². The Balaban J connectivity index is 1.93. The van der Waals surface area contributed by atoms with E-state index in [-0.39, 0.29) is 0 Å². The first kappa shape index (κ1) is 18.0. The maximum atomic E-state index is 5.37. The maximum Gasteiger partial charge on any atom is 0.227 e. The highest BCUT2D eigenvalue weighted by Gasteiger charge is 2.14. The van der Waals surface area contributed by atoms with E-state index in [1.54, 1.807) is 39.7 Å². The van der Waals surface area contributed by atoms with E-state index in [2.05, 4.69) is 31.2 Å². The molecule has 0 spiro atoms. The predicted molar refractivity (Wildman–Crippen MR) is 105 cm³/mol. The van der Waals surface area contributed by atoms with E-state index in [0.717, 1.165) is 21.4 Å². The van der Waals surface area contributed by atoms with Gasteiger partial charge in [-0.2, -0.15) is 0 Å². The number of hydrogen-bond donors (Lipinski definition) is 1. The van der Waals surface area contributed by atoms with Gasteiger partial charge in [-0.05, 0) is 18.2 Å². The molecule has 0 atom stereocenters. The molecule has 1 aromatic heterocycles. The van der Waals surface area contributed by atoms with Gasteiger partial charge < -0.3 is 19.5 Å². The smallest absolute Gasteiger partial charge is 0.227 e. The van der Waals surface area contributed by atoms with Gasteiger partial charge in [-0.25, -0.2) is 9.97 Å². The molecule has 26 heavy (non-hydrogen) atoms. The van der Waals surface area contributed by atoms with Crippen LogP contribution in [0.3, 0.4) is 0 Å². The molecule has 6 nitrogen and oxygen atoms in total. The minimum Gasteiger partial charge on any atom is -0.493 e. The van der Waals surface area contributed by atoms with Gasteiger partial charge in [0.05, 0.1) is 27.0 Å². The summed E-state index contributed by atoms with van der Waals surface area (Å²) in [5.41, 5.74) is 2.54. The molecule has 0 saturated heterocycles. The van der Waals surface area contributed by atoms with Gasteiger partial charge in [0.15, 0.2) is 11.5 Å². The number of nitrogens with zero attached hydrogens (tertiary/aromatic N) is 2. The van der Waals surface area contributed by atoms with Crippen molar-refractivity contribution in [2.24, 2.45) is 0 Å². The Labute approximate surface area is 160 Å². The molecule has 1 heterocycles. The van der Waals surface area contributed by atoms with Crippen LogP contribution in [-0.4, -0.2) is 31.3 Å². The highest BCUT2D eigenvalue weighted by Crippen LogP contribution is 2.40. The molecule has 3 aromatic rings. The summed E-state index contributed by atoms with van der Waals surface area (Å²) >= 11 is 3.48. The van der Waals surface area contributed by atoms with Crippen LogP contribution in [0, 0.1) is 0 Å². The fourth-order valence-corrected chi connectivity index (χ4v) is 2.91. The monoisotopic (exact) mass is 415 g/mol. The lowest BCUT2D eigenvalue weighted by Gasteiger charge is -2.14. The number of rotatable bonds is 6. The second-order valence-electron chi connectivity index (χ2n) is 5.31. The summed E-state index contributed by atoms with van der Waals surface area (Å²) in [5.74, 6) is 2.11. The number of hydrogen-bond acceptors (Lipinski definition) is 6. The molecule has 0 radical (unpaired) electrons. The van der Waals surface area contributed by atoms with Gasteiger partial charge in [-0.1, -0.05) is 28.1 Å². The van der Waals surface area contributed by atoms with Crippen LogP contribution < -0.4 is 19.5 Å². The lowest BCUT2D eigenvalue weighted by Crippen LogP contribution is -2.00. The third-order valence-corrected chi connectivity index (χ3v) is 4.19. The summed E-state index contributed by atoms with van der Waals surface area (Å²) in [4.78, 5) is 8.87. The van der Waals surface area contributed by atoms with Gasteiger partial charge in [-0.3, -0.25) is 0 Å². The molecule has 7 heteroatoms. The Morgan fingerprint density at radius 1 is 0.923 bits per heavy atom. The van der Waals surface area contributed by atoms with Crippen molar-refractivity contribution in [1.82, 2.24) is 9.97 Å². The molecule has 134 valence electrons. The van der Waals surface area contributed by atoms with Crippen LogP contribution in [0.2, 0.25) is 0 Å². The van der Waals surface area contributed by atoms with Crippen molar-refractivity contribution < 1.29 is 14.2 Å². The van der Waals surface area contributed by atoms with E-state index in [4.69, 9.17) is 14.2 Å². The topological polar surface area (TPSA) is 65.5 Å². The number of ether oxygens (including phenoxy) is 3. The maximum absolute atomic E-state index is 5.37. The Morgan fingerprint density at radius 3 is 2.27 bits per heavy atom. The van der Waals surface area contributed by atoms with Crippen molar-refractivity contribution in [1.29, 1.82) is 0 Å². The minimum absolute atomic E-state index is 0.469. The molecule has 3 rings (SSSR count). The molecule has 0 aliphatic heterocycles. The minimum atomic E-state index is 0.469. The largest absolute Gasteiger partial charge is 0.493 e. The number of benzene rings is 2. The van der Waals surface area contributed by atoms with Crippen molar-refractivity contribution in [3.05, 3.63) is 53.1 Å². The molecular weight excluding hydrogens is 398 g/mol. The molecule has 0 fully saturated rings. The van der Waals surface area contributed by atoms with Crippen LogP contribution >= 0.6 is 15.9 Å². The molecule has 1 N–H and O–H groups in total. The van der Waals surface area contributed by atoms with Gasteiger partial charge >= 0.3 is 0 Å². The SMILES string of the molecule is COc1cc(Nc2nccc(-c3cccc(Br)c3)n2)cc(OC)c1OC. The summed E-state index contributed by atoms with van der Waals surface area (Å²) in [7, 11) is 4.72. The second-order valence-corrected chi connectivity index (χ2v) is 6.23. The van der Waals surface area contributed by atoms with Crippen molar-refractivity contribution in [3.8, 4) is 28.5 Å². The summed E-state index contributed by atoms with van der Waals surface area (Å²) in [5, 5.41) is 3.18. The summed E-state index contributed by atoms with van der Waals surface area (Å²) in [6.07, 6.45) is 1.71. The average molecular weight is 416 g/mol. The summed E-state index contributed by atoms with van der Waals surface area (Å²) < 4.78 is 17.1. The number of halogens is 1. The van der Waals surface area contributed by atoms with Crippen molar-refractivity contribution in [2.45, 2.75) is 0 Å². The number of aromatic nitrogens is 2. The van der Waals surface area contributed by atoms with Gasteiger partial charge in [-0.15, -0.1) is 0 Å². The molecule has 0 saturated carbocycles. The first-order valence-electron chi connectivity index (χ1n) is 7.80. The lowest BCUT2D eigenvalue weighted by atomic mass is 10.1. The molecular formula is C19H18BrN3O3. The van der Waals surface area contributed by atoms with Crippen LogP contribution in [0.5, 0.6) is 17.2 Å². The number of nitrogens with one attached hydrogen (secondary N) is 1. The molecule has 0 aliphatic carbocycles. The zero-order chi connectivity index (χ0) is 18.5. The Kier molecular flexibility index (Phi) is 5.58. The van der Waals surface area contributed by atoms with Crippen LogP contribution in [0.15, 0.2) is 53.1 Å². The predicted octanol–water partition coefficient (Wildman–Crippen LogP) is 4.68. The molecule has 0 bridgehead atoms.